The van der Waals surface area contributed by atoms with Gasteiger partial charge in [0.25, 0.3) is 0 Å². The highest BCUT2D eigenvalue weighted by Crippen LogP contribution is 2.29. The summed E-state index contributed by atoms with van der Waals surface area (Å²) in [6.07, 6.45) is -1.75. The van der Waals surface area contributed by atoms with Crippen molar-refractivity contribution in [3.8, 4) is 11.4 Å². The van der Waals surface area contributed by atoms with E-state index in [1.54, 1.807) is 24.3 Å². The van der Waals surface area contributed by atoms with Gasteiger partial charge in [-0.25, -0.2) is 4.79 Å². The summed E-state index contributed by atoms with van der Waals surface area (Å²) in [6.45, 7) is 0.372. The molecule has 25 heavy (non-hydrogen) atoms. The van der Waals surface area contributed by atoms with E-state index in [4.69, 9.17) is 0 Å². The SMILES string of the molecule is COC(=O)c1cnn(Cc2ccc(-c3noc(C(F)(F)F)n3)cc2)c1. The molecule has 1 aromatic carbocycles. The van der Waals surface area contributed by atoms with E-state index in [0.717, 1.165) is 5.56 Å². The number of aromatic nitrogens is 4. The average Bonchev–Trinajstić information content (AvgIpc) is 3.24. The van der Waals surface area contributed by atoms with Crippen molar-refractivity contribution in [1.82, 2.24) is 19.9 Å². The van der Waals surface area contributed by atoms with Crippen molar-refractivity contribution in [3.05, 3.63) is 53.7 Å². The number of halogens is 3. The number of nitrogens with zero attached hydrogens (tertiary/aromatic N) is 4. The summed E-state index contributed by atoms with van der Waals surface area (Å²) in [5.41, 5.74) is 1.53. The molecule has 0 bridgehead atoms. The molecular formula is C15H11F3N4O3. The first kappa shape index (κ1) is 16.7. The van der Waals surface area contributed by atoms with E-state index >= 15 is 0 Å². The van der Waals surface area contributed by atoms with Crippen LogP contribution in [0.25, 0.3) is 11.4 Å². The lowest BCUT2D eigenvalue weighted by atomic mass is 10.1. The van der Waals surface area contributed by atoms with Crippen molar-refractivity contribution in [3.63, 3.8) is 0 Å². The van der Waals surface area contributed by atoms with E-state index in [9.17, 15) is 18.0 Å². The van der Waals surface area contributed by atoms with E-state index < -0.39 is 18.0 Å². The lowest BCUT2D eigenvalue weighted by Crippen LogP contribution is -2.04. The summed E-state index contributed by atoms with van der Waals surface area (Å²) in [4.78, 5) is 14.7. The molecule has 0 saturated heterocycles. The number of hydrogen-bond donors (Lipinski definition) is 0. The summed E-state index contributed by atoms with van der Waals surface area (Å²) in [5, 5.41) is 7.37. The molecule has 0 atom stereocenters. The van der Waals surface area contributed by atoms with Gasteiger partial charge in [0.15, 0.2) is 0 Å². The van der Waals surface area contributed by atoms with Gasteiger partial charge >= 0.3 is 18.0 Å². The Kier molecular flexibility index (Phi) is 4.26. The zero-order chi connectivity index (χ0) is 18.0. The van der Waals surface area contributed by atoms with E-state index in [2.05, 4.69) is 24.5 Å². The van der Waals surface area contributed by atoms with Crippen LogP contribution in [0.1, 0.15) is 21.8 Å². The molecule has 0 amide bonds. The van der Waals surface area contributed by atoms with Crippen LogP contribution in [0.4, 0.5) is 13.2 Å². The number of esters is 1. The van der Waals surface area contributed by atoms with Gasteiger partial charge in [-0.1, -0.05) is 29.4 Å². The van der Waals surface area contributed by atoms with Crippen molar-refractivity contribution < 1.29 is 27.2 Å². The van der Waals surface area contributed by atoms with Crippen molar-refractivity contribution in [2.24, 2.45) is 0 Å². The fourth-order valence-electron chi connectivity index (χ4n) is 2.08. The summed E-state index contributed by atoms with van der Waals surface area (Å²) in [5.74, 6) is -2.02. The van der Waals surface area contributed by atoms with Crippen LogP contribution in [0.15, 0.2) is 41.2 Å². The molecule has 0 spiro atoms. The maximum atomic E-state index is 12.5. The Balaban J connectivity index is 1.73. The summed E-state index contributed by atoms with van der Waals surface area (Å²) in [6, 6.07) is 6.53. The van der Waals surface area contributed by atoms with E-state index in [1.807, 2.05) is 0 Å². The second-order valence-corrected chi connectivity index (χ2v) is 5.04. The van der Waals surface area contributed by atoms with Gasteiger partial charge in [-0.05, 0) is 5.56 Å². The number of rotatable bonds is 4. The normalized spacial score (nSPS) is 11.5. The van der Waals surface area contributed by atoms with Crippen LogP contribution >= 0.6 is 0 Å². The predicted molar refractivity (Wildman–Crippen MR) is 77.4 cm³/mol. The number of methoxy groups -OCH3 is 1. The largest absolute Gasteiger partial charge is 0.471 e. The molecule has 10 heteroatoms. The van der Waals surface area contributed by atoms with Crippen LogP contribution in [0.5, 0.6) is 0 Å². The highest BCUT2D eigenvalue weighted by molar-refractivity contribution is 5.88. The van der Waals surface area contributed by atoms with Crippen molar-refractivity contribution in [2.45, 2.75) is 12.7 Å². The van der Waals surface area contributed by atoms with Crippen LogP contribution < -0.4 is 0 Å². The Bertz CT molecular complexity index is 884. The maximum absolute atomic E-state index is 12.5. The molecule has 0 fully saturated rings. The molecular weight excluding hydrogens is 341 g/mol. The number of alkyl halides is 3. The monoisotopic (exact) mass is 352 g/mol. The first-order chi connectivity index (χ1) is 11.9. The van der Waals surface area contributed by atoms with Gasteiger partial charge in [-0.3, -0.25) is 4.68 Å². The summed E-state index contributed by atoms with van der Waals surface area (Å²) < 4.78 is 47.7. The molecule has 0 saturated carbocycles. The molecule has 3 aromatic rings. The maximum Gasteiger partial charge on any atom is 0.471 e. The second kappa shape index (κ2) is 6.38. The summed E-state index contributed by atoms with van der Waals surface area (Å²) in [7, 11) is 1.28. The first-order valence-electron chi connectivity index (χ1n) is 6.98. The Morgan fingerprint density at radius 1 is 1.28 bits per heavy atom. The molecule has 2 aromatic heterocycles. The minimum Gasteiger partial charge on any atom is -0.465 e. The van der Waals surface area contributed by atoms with Crippen LogP contribution in [0.3, 0.4) is 0 Å². The molecule has 0 radical (unpaired) electrons. The molecule has 2 heterocycles. The van der Waals surface area contributed by atoms with Crippen molar-refractivity contribution >= 4 is 5.97 Å². The van der Waals surface area contributed by atoms with E-state index in [1.165, 1.54) is 24.2 Å². The zero-order valence-corrected chi connectivity index (χ0v) is 12.8. The van der Waals surface area contributed by atoms with E-state index in [0.29, 0.717) is 17.7 Å². The smallest absolute Gasteiger partial charge is 0.465 e. The number of hydrogen-bond acceptors (Lipinski definition) is 6. The van der Waals surface area contributed by atoms with Gasteiger partial charge in [-0.2, -0.15) is 23.3 Å². The number of ether oxygens (including phenoxy) is 1. The molecule has 130 valence electrons. The lowest BCUT2D eigenvalue weighted by molar-refractivity contribution is -0.159. The summed E-state index contributed by atoms with van der Waals surface area (Å²) >= 11 is 0. The average molecular weight is 352 g/mol. The molecule has 7 nitrogen and oxygen atoms in total. The molecule has 0 unspecified atom stereocenters. The Morgan fingerprint density at radius 3 is 2.60 bits per heavy atom. The minimum atomic E-state index is -4.68. The van der Waals surface area contributed by atoms with Gasteiger partial charge in [0.2, 0.25) is 5.82 Å². The predicted octanol–water partition coefficient (Wildman–Crippen LogP) is 2.79. The number of carbonyl (C=O) groups excluding carboxylic acids is 1. The highest BCUT2D eigenvalue weighted by Gasteiger charge is 2.38. The van der Waals surface area contributed by atoms with Gasteiger partial charge in [0.1, 0.15) is 0 Å². The third-order valence-electron chi connectivity index (χ3n) is 3.28. The second-order valence-electron chi connectivity index (χ2n) is 5.04. The fraction of sp³-hybridized carbons (Fsp3) is 0.200. The Morgan fingerprint density at radius 2 is 2.00 bits per heavy atom. The number of carbonyl (C=O) groups is 1. The molecule has 0 aliphatic rings. The molecule has 0 N–H and O–H groups in total. The number of benzene rings is 1. The van der Waals surface area contributed by atoms with Crippen LogP contribution in [-0.2, 0) is 17.5 Å². The molecule has 3 rings (SSSR count). The van der Waals surface area contributed by atoms with Gasteiger partial charge < -0.3 is 9.26 Å². The van der Waals surface area contributed by atoms with Crippen LogP contribution in [0, 0.1) is 0 Å². The first-order valence-corrected chi connectivity index (χ1v) is 6.98. The molecule has 0 aliphatic heterocycles. The third-order valence-corrected chi connectivity index (χ3v) is 3.28. The lowest BCUT2D eigenvalue weighted by Gasteiger charge is -2.02. The molecule has 0 aliphatic carbocycles. The highest BCUT2D eigenvalue weighted by atomic mass is 19.4. The fourth-order valence-corrected chi connectivity index (χ4v) is 2.08. The zero-order valence-electron chi connectivity index (χ0n) is 12.8. The van der Waals surface area contributed by atoms with Gasteiger partial charge in [0.05, 0.1) is 25.4 Å². The van der Waals surface area contributed by atoms with E-state index in [-0.39, 0.29) is 5.82 Å². The standard InChI is InChI=1S/C15H11F3N4O3/c1-24-13(23)11-6-19-22(8-11)7-9-2-4-10(5-3-9)12-20-14(25-21-12)15(16,17)18/h2-6,8H,7H2,1H3. The van der Waals surface area contributed by atoms with Crippen LogP contribution in [-0.4, -0.2) is 33.0 Å². The third kappa shape index (κ3) is 3.67. The minimum absolute atomic E-state index is 0.147. The Hall–Kier alpha value is -3.17. The van der Waals surface area contributed by atoms with Crippen LogP contribution in [0.2, 0.25) is 0 Å². The van der Waals surface area contributed by atoms with Crippen molar-refractivity contribution in [2.75, 3.05) is 7.11 Å². The van der Waals surface area contributed by atoms with Gasteiger partial charge in [-0.15, -0.1) is 0 Å². The quantitative estimate of drug-likeness (QED) is 0.672. The van der Waals surface area contributed by atoms with Gasteiger partial charge in [0, 0.05) is 11.8 Å². The van der Waals surface area contributed by atoms with Crippen molar-refractivity contribution in [1.29, 1.82) is 0 Å². The Labute approximate surface area is 139 Å². The topological polar surface area (TPSA) is 83.0 Å².